The zero-order valence-corrected chi connectivity index (χ0v) is 16.0. The third-order valence-corrected chi connectivity index (χ3v) is 5.18. The number of aromatic nitrogens is 1. The quantitative estimate of drug-likeness (QED) is 0.536. The Bertz CT molecular complexity index is 699. The number of amides is 3. The van der Waals surface area contributed by atoms with Crippen molar-refractivity contribution in [1.29, 1.82) is 0 Å². The van der Waals surface area contributed by atoms with Gasteiger partial charge in [-0.15, -0.1) is 0 Å². The second kappa shape index (κ2) is 9.61. The molecule has 3 heterocycles. The van der Waals surface area contributed by atoms with E-state index in [-0.39, 0.29) is 42.5 Å². The Morgan fingerprint density at radius 1 is 1.39 bits per heavy atom. The Hall–Kier alpha value is -2.52. The standard InChI is InChI=1S/C19H27N5O4/c1-28-12-18(26)23-14-7-16-19(27)22-10-15(24(16)11-14)4-5-17(25)21-9-13-3-2-6-20-8-13/h2-3,6,8,14-16H,4-5,7,9-12H2,1H3,(H,21,25)(H,22,27)(H,23,26)/t14-,15-,16+/m1/s1. The number of fused-ring (bicyclic) bond motifs is 1. The van der Waals surface area contributed by atoms with Gasteiger partial charge in [0.2, 0.25) is 17.7 Å². The van der Waals surface area contributed by atoms with E-state index in [9.17, 15) is 14.4 Å². The number of pyridine rings is 1. The number of nitrogens with one attached hydrogen (secondary N) is 3. The predicted molar refractivity (Wildman–Crippen MR) is 101 cm³/mol. The molecule has 3 N–H and O–H groups in total. The van der Waals surface area contributed by atoms with Crippen LogP contribution in [0.25, 0.3) is 0 Å². The highest BCUT2D eigenvalue weighted by atomic mass is 16.5. The van der Waals surface area contributed by atoms with Crippen LogP contribution in [0.5, 0.6) is 0 Å². The highest BCUT2D eigenvalue weighted by Gasteiger charge is 2.43. The lowest BCUT2D eigenvalue weighted by Gasteiger charge is -2.37. The van der Waals surface area contributed by atoms with Gasteiger partial charge in [0.15, 0.2) is 0 Å². The van der Waals surface area contributed by atoms with E-state index in [1.807, 2.05) is 12.1 Å². The summed E-state index contributed by atoms with van der Waals surface area (Å²) in [6, 6.07) is 3.48. The highest BCUT2D eigenvalue weighted by molar-refractivity contribution is 5.84. The van der Waals surface area contributed by atoms with Gasteiger partial charge in [-0.05, 0) is 24.5 Å². The summed E-state index contributed by atoms with van der Waals surface area (Å²) in [6.07, 6.45) is 5.02. The van der Waals surface area contributed by atoms with Gasteiger partial charge in [0, 0.05) is 57.6 Å². The van der Waals surface area contributed by atoms with Crippen LogP contribution in [0.2, 0.25) is 0 Å². The van der Waals surface area contributed by atoms with E-state index >= 15 is 0 Å². The minimum absolute atomic E-state index is 0.00783. The zero-order valence-electron chi connectivity index (χ0n) is 16.0. The first-order valence-electron chi connectivity index (χ1n) is 9.54. The maximum absolute atomic E-state index is 12.2. The Kier molecular flexibility index (Phi) is 6.94. The van der Waals surface area contributed by atoms with Crippen molar-refractivity contribution < 1.29 is 19.1 Å². The first kappa shape index (κ1) is 20.2. The van der Waals surface area contributed by atoms with Gasteiger partial charge in [0.25, 0.3) is 0 Å². The molecule has 1 aromatic heterocycles. The summed E-state index contributed by atoms with van der Waals surface area (Å²) < 4.78 is 4.84. The molecule has 2 saturated heterocycles. The topological polar surface area (TPSA) is 113 Å². The number of rotatable bonds is 8. The molecule has 2 aliphatic rings. The monoisotopic (exact) mass is 389 g/mol. The summed E-state index contributed by atoms with van der Waals surface area (Å²) in [5.74, 6) is -0.221. The summed E-state index contributed by atoms with van der Waals surface area (Å²) in [7, 11) is 1.47. The minimum Gasteiger partial charge on any atom is -0.375 e. The van der Waals surface area contributed by atoms with E-state index in [4.69, 9.17) is 4.74 Å². The molecule has 28 heavy (non-hydrogen) atoms. The second-order valence-corrected chi connectivity index (χ2v) is 7.22. The molecule has 152 valence electrons. The molecular formula is C19H27N5O4. The molecule has 2 aliphatic heterocycles. The van der Waals surface area contributed by atoms with Crippen molar-refractivity contribution >= 4 is 17.7 Å². The number of hydrogen-bond acceptors (Lipinski definition) is 6. The largest absolute Gasteiger partial charge is 0.375 e. The van der Waals surface area contributed by atoms with E-state index in [1.54, 1.807) is 12.4 Å². The molecule has 0 bridgehead atoms. The van der Waals surface area contributed by atoms with Crippen LogP contribution >= 0.6 is 0 Å². The van der Waals surface area contributed by atoms with Crippen molar-refractivity contribution in [2.24, 2.45) is 0 Å². The van der Waals surface area contributed by atoms with E-state index in [0.717, 1.165) is 5.56 Å². The third-order valence-electron chi connectivity index (χ3n) is 5.18. The fourth-order valence-corrected chi connectivity index (χ4v) is 3.84. The van der Waals surface area contributed by atoms with Gasteiger partial charge in [-0.2, -0.15) is 0 Å². The average molecular weight is 389 g/mol. The maximum atomic E-state index is 12.2. The van der Waals surface area contributed by atoms with Gasteiger partial charge >= 0.3 is 0 Å². The van der Waals surface area contributed by atoms with Crippen LogP contribution in [-0.4, -0.2) is 72.5 Å². The number of hydrogen-bond donors (Lipinski definition) is 3. The average Bonchev–Trinajstić information content (AvgIpc) is 3.11. The van der Waals surface area contributed by atoms with Crippen LogP contribution in [-0.2, 0) is 25.7 Å². The number of ether oxygens (including phenoxy) is 1. The summed E-state index contributed by atoms with van der Waals surface area (Å²) in [5, 5.41) is 8.74. The third kappa shape index (κ3) is 5.26. The molecule has 9 heteroatoms. The molecule has 0 spiro atoms. The zero-order chi connectivity index (χ0) is 19.9. The van der Waals surface area contributed by atoms with E-state index in [2.05, 4.69) is 25.8 Å². The predicted octanol–water partition coefficient (Wildman–Crippen LogP) is -0.818. The Morgan fingerprint density at radius 3 is 3.00 bits per heavy atom. The van der Waals surface area contributed by atoms with Crippen molar-refractivity contribution in [1.82, 2.24) is 25.8 Å². The van der Waals surface area contributed by atoms with Crippen LogP contribution in [0.1, 0.15) is 24.8 Å². The number of nitrogens with zero attached hydrogens (tertiary/aromatic N) is 2. The molecule has 0 aliphatic carbocycles. The Balaban J connectivity index is 1.48. The minimum atomic E-state index is -0.259. The van der Waals surface area contributed by atoms with Crippen molar-refractivity contribution in [3.8, 4) is 0 Å². The lowest BCUT2D eigenvalue weighted by Crippen LogP contribution is -2.58. The number of carbonyl (C=O) groups excluding carboxylic acids is 3. The van der Waals surface area contributed by atoms with Crippen LogP contribution in [0, 0.1) is 0 Å². The fraction of sp³-hybridized carbons (Fsp3) is 0.579. The van der Waals surface area contributed by atoms with Crippen molar-refractivity contribution in [3.63, 3.8) is 0 Å². The first-order chi connectivity index (χ1) is 13.6. The Morgan fingerprint density at radius 2 is 2.25 bits per heavy atom. The van der Waals surface area contributed by atoms with Crippen molar-refractivity contribution in [2.75, 3.05) is 26.8 Å². The molecule has 3 rings (SSSR count). The number of carbonyl (C=O) groups is 3. The van der Waals surface area contributed by atoms with Gasteiger partial charge in [-0.25, -0.2) is 0 Å². The van der Waals surface area contributed by atoms with Gasteiger partial charge < -0.3 is 20.7 Å². The Labute approximate surface area is 164 Å². The summed E-state index contributed by atoms with van der Waals surface area (Å²) in [4.78, 5) is 42.3. The maximum Gasteiger partial charge on any atom is 0.246 e. The van der Waals surface area contributed by atoms with Crippen molar-refractivity contribution in [3.05, 3.63) is 30.1 Å². The molecule has 1 aromatic rings. The summed E-state index contributed by atoms with van der Waals surface area (Å²) in [6.45, 7) is 1.58. The highest BCUT2D eigenvalue weighted by Crippen LogP contribution is 2.25. The van der Waals surface area contributed by atoms with Gasteiger partial charge in [-0.3, -0.25) is 24.3 Å². The molecule has 0 radical (unpaired) electrons. The molecule has 3 atom stereocenters. The SMILES string of the molecule is COCC(=O)N[C@@H]1C[C@H]2C(=O)NC[C@@H](CCC(=O)NCc3cccnc3)N2C1. The normalized spacial score (nSPS) is 24.3. The van der Waals surface area contributed by atoms with Gasteiger partial charge in [0.05, 0.1) is 6.04 Å². The number of piperazine rings is 1. The van der Waals surface area contributed by atoms with Crippen molar-refractivity contribution in [2.45, 2.75) is 43.9 Å². The first-order valence-corrected chi connectivity index (χ1v) is 9.54. The number of methoxy groups -OCH3 is 1. The molecule has 0 saturated carbocycles. The molecule has 0 aromatic carbocycles. The van der Waals surface area contributed by atoms with E-state index in [0.29, 0.717) is 38.9 Å². The van der Waals surface area contributed by atoms with Crippen LogP contribution in [0.15, 0.2) is 24.5 Å². The second-order valence-electron chi connectivity index (χ2n) is 7.22. The molecule has 3 amide bonds. The molecule has 9 nitrogen and oxygen atoms in total. The molecular weight excluding hydrogens is 362 g/mol. The van der Waals surface area contributed by atoms with E-state index < -0.39 is 0 Å². The fourth-order valence-electron chi connectivity index (χ4n) is 3.84. The van der Waals surface area contributed by atoms with Crippen LogP contribution in [0.3, 0.4) is 0 Å². The summed E-state index contributed by atoms with van der Waals surface area (Å²) in [5.41, 5.74) is 0.954. The molecule has 2 fully saturated rings. The van der Waals surface area contributed by atoms with Gasteiger partial charge in [-0.1, -0.05) is 6.07 Å². The summed E-state index contributed by atoms with van der Waals surface area (Å²) >= 11 is 0. The smallest absolute Gasteiger partial charge is 0.246 e. The lowest BCUT2D eigenvalue weighted by atomic mass is 10.0. The van der Waals surface area contributed by atoms with Crippen LogP contribution in [0.4, 0.5) is 0 Å². The molecule has 0 unspecified atom stereocenters. The lowest BCUT2D eigenvalue weighted by molar-refractivity contribution is -0.129. The van der Waals surface area contributed by atoms with Gasteiger partial charge in [0.1, 0.15) is 6.61 Å². The van der Waals surface area contributed by atoms with Crippen LogP contribution < -0.4 is 16.0 Å². The van der Waals surface area contributed by atoms with E-state index in [1.165, 1.54) is 7.11 Å².